The van der Waals surface area contributed by atoms with Crippen LogP contribution in [0.2, 0.25) is 0 Å². The van der Waals surface area contributed by atoms with E-state index in [1.165, 1.54) is 0 Å². The van der Waals surface area contributed by atoms with E-state index < -0.39 is 0 Å². The third-order valence-electron chi connectivity index (χ3n) is 7.80. The van der Waals surface area contributed by atoms with Gasteiger partial charge in [0.25, 0.3) is 0 Å². The van der Waals surface area contributed by atoms with Gasteiger partial charge in [0.05, 0.1) is 5.48 Å². The molecule has 206 valence electrons. The van der Waals surface area contributed by atoms with Crippen molar-refractivity contribution in [3.05, 3.63) is 164 Å². The zero-order chi connectivity index (χ0) is 32.8. The molecule has 3 heteroatoms. The lowest BCUT2D eigenvalue weighted by Crippen LogP contribution is -2.00. The van der Waals surface area contributed by atoms with Crippen LogP contribution in [0.25, 0.3) is 78.0 Å². The molecule has 0 bridgehead atoms. The summed E-state index contributed by atoms with van der Waals surface area (Å²) in [5.74, 6) is 0.898. The van der Waals surface area contributed by atoms with Gasteiger partial charge in [-0.25, -0.2) is 15.0 Å². The number of nitrogens with zero attached hydrogens (tertiary/aromatic N) is 3. The van der Waals surface area contributed by atoms with Gasteiger partial charge in [-0.2, -0.15) is 0 Å². The second-order valence-corrected chi connectivity index (χ2v) is 10.6. The van der Waals surface area contributed by atoms with Gasteiger partial charge < -0.3 is 0 Å². The fourth-order valence-electron chi connectivity index (χ4n) is 5.64. The number of benzene rings is 7. The van der Waals surface area contributed by atoms with Gasteiger partial charge in [-0.05, 0) is 55.9 Å². The lowest BCUT2D eigenvalue weighted by Gasteiger charge is -2.13. The molecule has 0 saturated carbocycles. The molecule has 0 saturated heterocycles. The summed E-state index contributed by atoms with van der Waals surface area (Å²) >= 11 is 0. The molecule has 3 nitrogen and oxygen atoms in total. The normalized spacial score (nSPS) is 12.5. The Labute approximate surface area is 261 Å². The van der Waals surface area contributed by atoms with Crippen molar-refractivity contribution in [3.8, 4) is 56.4 Å². The SMILES string of the molecule is [2H]c1c([2H])c(-c2nc(-c3ccccc3)nc(-c3ccc4ccccc4c3)n2)c([2H])c(-c2ccc(-c3ccccc3)c3ccccc23)c1[2H]. The van der Waals surface area contributed by atoms with E-state index >= 15 is 0 Å². The largest absolute Gasteiger partial charge is 0.208 e. The fourth-order valence-corrected chi connectivity index (χ4v) is 5.64. The van der Waals surface area contributed by atoms with Crippen LogP contribution in [0.15, 0.2) is 164 Å². The average Bonchev–Trinajstić information content (AvgIpc) is 3.14. The Morgan fingerprint density at radius 2 is 0.909 bits per heavy atom. The van der Waals surface area contributed by atoms with Gasteiger partial charge in [0, 0.05) is 16.7 Å². The molecular formula is C41H27N3. The smallest absolute Gasteiger partial charge is 0.164 e. The van der Waals surface area contributed by atoms with Gasteiger partial charge in [0.1, 0.15) is 0 Å². The third-order valence-corrected chi connectivity index (χ3v) is 7.80. The summed E-state index contributed by atoms with van der Waals surface area (Å²) in [5.41, 5.74) is 4.59. The molecule has 0 fully saturated rings. The van der Waals surface area contributed by atoms with Crippen LogP contribution < -0.4 is 0 Å². The number of rotatable bonds is 5. The van der Waals surface area contributed by atoms with Crippen LogP contribution in [0.1, 0.15) is 5.48 Å². The number of hydrogen-bond acceptors (Lipinski definition) is 3. The highest BCUT2D eigenvalue weighted by atomic mass is 15.0. The highest BCUT2D eigenvalue weighted by Gasteiger charge is 2.15. The molecular weight excluding hydrogens is 534 g/mol. The molecule has 1 aromatic heterocycles. The maximum absolute atomic E-state index is 9.53. The molecule has 44 heavy (non-hydrogen) atoms. The highest BCUT2D eigenvalue weighted by molar-refractivity contribution is 6.05. The lowest BCUT2D eigenvalue weighted by atomic mass is 9.91. The Balaban J connectivity index is 1.38. The monoisotopic (exact) mass is 565 g/mol. The van der Waals surface area contributed by atoms with Crippen LogP contribution >= 0.6 is 0 Å². The van der Waals surface area contributed by atoms with Crippen LogP contribution in [0, 0.1) is 0 Å². The van der Waals surface area contributed by atoms with Crippen molar-refractivity contribution in [3.63, 3.8) is 0 Å². The van der Waals surface area contributed by atoms with E-state index in [1.807, 2.05) is 127 Å². The molecule has 0 aliphatic rings. The van der Waals surface area contributed by atoms with Crippen molar-refractivity contribution in [2.24, 2.45) is 0 Å². The molecule has 0 aliphatic heterocycles. The Morgan fingerprint density at radius 1 is 0.386 bits per heavy atom. The van der Waals surface area contributed by atoms with E-state index in [0.717, 1.165) is 43.8 Å². The van der Waals surface area contributed by atoms with Gasteiger partial charge in [-0.1, -0.05) is 152 Å². The minimum atomic E-state index is -0.291. The molecule has 8 aromatic rings. The standard InChI is InChI=1S/C41H27N3/c1-3-13-29(14-4-1)35-24-25-36(38-21-10-9-20-37(35)38)32-18-11-19-33(27-32)40-42-39(30-15-5-2-6-16-30)43-41(44-40)34-23-22-28-12-7-8-17-31(28)26-34/h1-27H/i11D,18D,19D,27D. The van der Waals surface area contributed by atoms with Crippen molar-refractivity contribution in [1.82, 2.24) is 15.0 Å². The number of hydrogen-bond donors (Lipinski definition) is 0. The van der Waals surface area contributed by atoms with Crippen LogP contribution in [0.3, 0.4) is 0 Å². The first-order valence-electron chi connectivity index (χ1n) is 16.5. The second kappa shape index (κ2) is 11.0. The predicted octanol–water partition coefficient (Wildman–Crippen LogP) is 10.5. The van der Waals surface area contributed by atoms with E-state index in [-0.39, 0.29) is 41.1 Å². The van der Waals surface area contributed by atoms with E-state index in [9.17, 15) is 1.37 Å². The first-order chi connectivity index (χ1) is 23.5. The maximum atomic E-state index is 9.53. The maximum Gasteiger partial charge on any atom is 0.164 e. The van der Waals surface area contributed by atoms with Gasteiger partial charge in [0.2, 0.25) is 0 Å². The van der Waals surface area contributed by atoms with Gasteiger partial charge in [0.15, 0.2) is 17.5 Å². The predicted molar refractivity (Wildman–Crippen MR) is 182 cm³/mol. The number of fused-ring (bicyclic) bond motifs is 2. The number of aromatic nitrogens is 3. The summed E-state index contributed by atoms with van der Waals surface area (Å²) in [6.45, 7) is 0. The molecule has 8 rings (SSSR count). The molecule has 7 aromatic carbocycles. The Bertz CT molecular complexity index is 2500. The van der Waals surface area contributed by atoms with Crippen molar-refractivity contribution in [1.29, 1.82) is 0 Å². The first-order valence-corrected chi connectivity index (χ1v) is 14.5. The second-order valence-electron chi connectivity index (χ2n) is 10.6. The summed E-state index contributed by atoms with van der Waals surface area (Å²) in [6, 6.07) is 44.6. The van der Waals surface area contributed by atoms with Gasteiger partial charge >= 0.3 is 0 Å². The van der Waals surface area contributed by atoms with Crippen molar-refractivity contribution in [2.75, 3.05) is 0 Å². The van der Waals surface area contributed by atoms with E-state index in [1.54, 1.807) is 0 Å². The molecule has 0 unspecified atom stereocenters. The Kier molecular flexibility index (Phi) is 5.46. The van der Waals surface area contributed by atoms with Crippen molar-refractivity contribution < 1.29 is 5.48 Å². The lowest BCUT2D eigenvalue weighted by molar-refractivity contribution is 1.07. The molecule has 0 spiro atoms. The fraction of sp³-hybridized carbons (Fsp3) is 0. The molecule has 0 amide bonds. The van der Waals surface area contributed by atoms with Gasteiger partial charge in [-0.15, -0.1) is 0 Å². The van der Waals surface area contributed by atoms with Crippen molar-refractivity contribution >= 4 is 21.5 Å². The van der Waals surface area contributed by atoms with Crippen LogP contribution in [0.4, 0.5) is 0 Å². The molecule has 0 radical (unpaired) electrons. The first kappa shape index (κ1) is 21.7. The topological polar surface area (TPSA) is 38.7 Å². The van der Waals surface area contributed by atoms with Crippen LogP contribution in [0.5, 0.6) is 0 Å². The van der Waals surface area contributed by atoms with Crippen molar-refractivity contribution in [2.45, 2.75) is 0 Å². The Hall–Kier alpha value is -5.93. The summed E-state index contributed by atoms with van der Waals surface area (Å²) in [4.78, 5) is 14.5. The summed E-state index contributed by atoms with van der Waals surface area (Å²) < 4.78 is 36.5. The Morgan fingerprint density at radius 3 is 1.61 bits per heavy atom. The zero-order valence-corrected chi connectivity index (χ0v) is 23.6. The summed E-state index contributed by atoms with van der Waals surface area (Å²) in [6.07, 6.45) is 0. The molecule has 1 heterocycles. The van der Waals surface area contributed by atoms with E-state index in [4.69, 9.17) is 19.1 Å². The quantitative estimate of drug-likeness (QED) is 0.208. The van der Waals surface area contributed by atoms with E-state index in [0.29, 0.717) is 17.2 Å². The summed E-state index contributed by atoms with van der Waals surface area (Å²) in [5, 5.41) is 3.93. The zero-order valence-electron chi connectivity index (χ0n) is 27.6. The van der Waals surface area contributed by atoms with Crippen LogP contribution in [-0.2, 0) is 0 Å². The summed E-state index contributed by atoms with van der Waals surface area (Å²) in [7, 11) is 0. The highest BCUT2D eigenvalue weighted by Crippen LogP contribution is 2.37. The van der Waals surface area contributed by atoms with E-state index in [2.05, 4.69) is 12.1 Å². The third kappa shape index (κ3) is 4.81. The molecule has 0 N–H and O–H groups in total. The minimum absolute atomic E-state index is 0.0757. The molecule has 0 aliphatic carbocycles. The van der Waals surface area contributed by atoms with Crippen LogP contribution in [-0.4, -0.2) is 15.0 Å². The molecule has 0 atom stereocenters. The average molecular weight is 566 g/mol. The minimum Gasteiger partial charge on any atom is -0.208 e. The van der Waals surface area contributed by atoms with Gasteiger partial charge in [-0.3, -0.25) is 0 Å².